The van der Waals surface area contributed by atoms with Crippen LogP contribution in [-0.4, -0.2) is 28.5 Å². The van der Waals surface area contributed by atoms with E-state index in [0.717, 1.165) is 11.3 Å². The smallest absolute Gasteiger partial charge is 0.415 e. The Labute approximate surface area is 159 Å². The zero-order valence-corrected chi connectivity index (χ0v) is 15.8. The van der Waals surface area contributed by atoms with E-state index in [-0.39, 0.29) is 5.91 Å². The summed E-state index contributed by atoms with van der Waals surface area (Å²) < 4.78 is 5.50. The second kappa shape index (κ2) is 7.66. The molecule has 0 unspecified atom stereocenters. The average Bonchev–Trinajstić information content (AvgIpc) is 2.63. The molecular weight excluding hydrogens is 340 g/mol. The molecule has 1 aliphatic heterocycles. The Bertz CT molecular complexity index is 826. The van der Waals surface area contributed by atoms with Crippen molar-refractivity contribution in [2.45, 2.75) is 38.8 Å². The number of carbonyl (C=O) groups excluding carboxylic acids is 2. The first kappa shape index (κ1) is 18.7. The summed E-state index contributed by atoms with van der Waals surface area (Å²) in [7, 11) is 0. The minimum Gasteiger partial charge on any atom is -0.443 e. The van der Waals surface area contributed by atoms with Gasteiger partial charge in [0.1, 0.15) is 11.6 Å². The van der Waals surface area contributed by atoms with Crippen molar-refractivity contribution in [3.05, 3.63) is 78.6 Å². The molecule has 140 valence electrons. The van der Waals surface area contributed by atoms with Crippen molar-refractivity contribution in [2.75, 3.05) is 4.90 Å². The molecule has 0 saturated carbocycles. The highest BCUT2D eigenvalue weighted by atomic mass is 16.6. The van der Waals surface area contributed by atoms with E-state index in [2.05, 4.69) is 0 Å². The molecule has 5 nitrogen and oxygen atoms in total. The minimum absolute atomic E-state index is 0.168. The molecule has 1 heterocycles. The van der Waals surface area contributed by atoms with Crippen LogP contribution in [0.3, 0.4) is 0 Å². The highest BCUT2D eigenvalue weighted by Crippen LogP contribution is 2.25. The SMILES string of the molecule is CC(C)(C)OC(=O)N1C=CN(c2ccccc2)C(=O)[C@@H]1Cc1ccccc1. The lowest BCUT2D eigenvalue weighted by Gasteiger charge is -2.36. The van der Waals surface area contributed by atoms with Crippen molar-refractivity contribution in [3.8, 4) is 0 Å². The maximum absolute atomic E-state index is 13.2. The molecule has 2 aromatic rings. The first-order valence-electron chi connectivity index (χ1n) is 8.97. The molecule has 1 aliphatic rings. The third kappa shape index (κ3) is 4.56. The average molecular weight is 364 g/mol. The predicted octanol–water partition coefficient (Wildman–Crippen LogP) is 4.35. The minimum atomic E-state index is -0.674. The lowest BCUT2D eigenvalue weighted by Crippen LogP contribution is -2.53. The monoisotopic (exact) mass is 364 g/mol. The summed E-state index contributed by atoms with van der Waals surface area (Å²) in [6, 6.07) is 18.4. The van der Waals surface area contributed by atoms with Crippen molar-refractivity contribution in [3.63, 3.8) is 0 Å². The zero-order valence-electron chi connectivity index (χ0n) is 15.8. The van der Waals surface area contributed by atoms with Crippen LogP contribution in [-0.2, 0) is 16.0 Å². The van der Waals surface area contributed by atoms with E-state index in [0.29, 0.717) is 6.42 Å². The standard InChI is InChI=1S/C22H24N2O3/c1-22(2,3)27-21(26)24-15-14-23(18-12-8-5-9-13-18)20(25)19(24)16-17-10-6-4-7-11-17/h4-15,19H,16H2,1-3H3/t19-/m0/s1. The first-order chi connectivity index (χ1) is 12.8. The summed E-state index contributed by atoms with van der Waals surface area (Å²) in [4.78, 5) is 28.9. The topological polar surface area (TPSA) is 49.9 Å². The molecule has 0 N–H and O–H groups in total. The van der Waals surface area contributed by atoms with Crippen molar-refractivity contribution in [2.24, 2.45) is 0 Å². The number of nitrogens with zero attached hydrogens (tertiary/aromatic N) is 2. The zero-order chi connectivity index (χ0) is 19.4. The van der Waals surface area contributed by atoms with Crippen LogP contribution >= 0.6 is 0 Å². The number of carbonyl (C=O) groups is 2. The van der Waals surface area contributed by atoms with Crippen molar-refractivity contribution >= 4 is 17.7 Å². The van der Waals surface area contributed by atoms with Gasteiger partial charge >= 0.3 is 6.09 Å². The van der Waals surface area contributed by atoms with Crippen LogP contribution < -0.4 is 4.90 Å². The summed E-state index contributed by atoms with van der Waals surface area (Å²) in [5.41, 5.74) is 1.11. The summed E-state index contributed by atoms with van der Waals surface area (Å²) in [5.74, 6) is -0.168. The molecule has 0 spiro atoms. The number of benzene rings is 2. The van der Waals surface area contributed by atoms with Crippen LogP contribution in [0.25, 0.3) is 0 Å². The van der Waals surface area contributed by atoms with Gasteiger partial charge in [0.05, 0.1) is 0 Å². The molecule has 5 heteroatoms. The van der Waals surface area contributed by atoms with Crippen LogP contribution in [0.15, 0.2) is 73.1 Å². The van der Waals surface area contributed by atoms with Gasteiger partial charge in [-0.3, -0.25) is 14.6 Å². The van der Waals surface area contributed by atoms with Gasteiger partial charge in [-0.25, -0.2) is 4.79 Å². The fraction of sp³-hybridized carbons (Fsp3) is 0.273. The summed E-state index contributed by atoms with van der Waals surface area (Å²) in [5, 5.41) is 0. The van der Waals surface area contributed by atoms with E-state index in [4.69, 9.17) is 4.74 Å². The second-order valence-corrected chi connectivity index (χ2v) is 7.44. The second-order valence-electron chi connectivity index (χ2n) is 7.44. The Morgan fingerprint density at radius 3 is 2.15 bits per heavy atom. The Hall–Kier alpha value is -3.08. The van der Waals surface area contributed by atoms with E-state index in [1.165, 1.54) is 4.90 Å². The van der Waals surface area contributed by atoms with E-state index in [9.17, 15) is 9.59 Å². The lowest BCUT2D eigenvalue weighted by molar-refractivity contribution is -0.123. The first-order valence-corrected chi connectivity index (χ1v) is 8.97. The van der Waals surface area contributed by atoms with Crippen LogP contribution in [0, 0.1) is 0 Å². The molecule has 3 rings (SSSR count). The predicted molar refractivity (Wildman–Crippen MR) is 105 cm³/mol. The molecule has 1 atom stereocenters. The maximum Gasteiger partial charge on any atom is 0.415 e. The van der Waals surface area contributed by atoms with Gasteiger partial charge < -0.3 is 4.74 Å². The highest BCUT2D eigenvalue weighted by Gasteiger charge is 2.37. The Morgan fingerprint density at radius 1 is 0.963 bits per heavy atom. The van der Waals surface area contributed by atoms with E-state index >= 15 is 0 Å². The highest BCUT2D eigenvalue weighted by molar-refractivity contribution is 6.01. The Kier molecular flexibility index (Phi) is 5.31. The largest absolute Gasteiger partial charge is 0.443 e. The molecule has 2 aromatic carbocycles. The van der Waals surface area contributed by atoms with Gasteiger partial charge in [-0.1, -0.05) is 48.5 Å². The van der Waals surface area contributed by atoms with Crippen molar-refractivity contribution < 1.29 is 14.3 Å². The van der Waals surface area contributed by atoms with Gasteiger partial charge in [-0.05, 0) is 38.5 Å². The van der Waals surface area contributed by atoms with Gasteiger partial charge in [-0.2, -0.15) is 0 Å². The number of hydrogen-bond acceptors (Lipinski definition) is 3. The molecule has 0 bridgehead atoms. The maximum atomic E-state index is 13.2. The van der Waals surface area contributed by atoms with Crippen LogP contribution in [0.1, 0.15) is 26.3 Å². The van der Waals surface area contributed by atoms with Gasteiger partial charge in [0.2, 0.25) is 0 Å². The Balaban J connectivity index is 1.93. The van der Waals surface area contributed by atoms with E-state index < -0.39 is 17.7 Å². The third-order valence-electron chi connectivity index (χ3n) is 4.15. The van der Waals surface area contributed by atoms with Crippen molar-refractivity contribution in [1.29, 1.82) is 0 Å². The Morgan fingerprint density at radius 2 is 1.56 bits per heavy atom. The molecule has 0 aromatic heterocycles. The number of ether oxygens (including phenoxy) is 1. The van der Waals surface area contributed by atoms with Gasteiger partial charge in [-0.15, -0.1) is 0 Å². The molecule has 0 fully saturated rings. The number of para-hydroxylation sites is 1. The molecule has 0 radical (unpaired) electrons. The van der Waals surface area contributed by atoms with Crippen LogP contribution in [0.5, 0.6) is 0 Å². The fourth-order valence-electron chi connectivity index (χ4n) is 2.92. The quantitative estimate of drug-likeness (QED) is 0.813. The van der Waals surface area contributed by atoms with Crippen LogP contribution in [0.4, 0.5) is 10.5 Å². The lowest BCUT2D eigenvalue weighted by atomic mass is 10.0. The summed E-state index contributed by atoms with van der Waals surface area (Å²) in [6.45, 7) is 5.43. The van der Waals surface area contributed by atoms with E-state index in [1.54, 1.807) is 17.3 Å². The molecule has 0 aliphatic carbocycles. The van der Waals surface area contributed by atoms with Gasteiger partial charge in [0.15, 0.2) is 0 Å². The molecule has 0 saturated heterocycles. The number of hydrogen-bond donors (Lipinski definition) is 0. The fourth-order valence-corrected chi connectivity index (χ4v) is 2.92. The third-order valence-corrected chi connectivity index (χ3v) is 4.15. The number of anilines is 1. The molecule has 27 heavy (non-hydrogen) atoms. The molecular formula is C22H24N2O3. The number of rotatable bonds is 3. The summed E-state index contributed by atoms with van der Waals surface area (Å²) in [6.07, 6.45) is 3.12. The van der Waals surface area contributed by atoms with E-state index in [1.807, 2.05) is 81.4 Å². The normalized spacial score (nSPS) is 17.1. The van der Waals surface area contributed by atoms with Crippen molar-refractivity contribution in [1.82, 2.24) is 4.90 Å². The van der Waals surface area contributed by atoms with Gasteiger partial charge in [0.25, 0.3) is 5.91 Å². The molecule has 2 amide bonds. The van der Waals surface area contributed by atoms with Crippen LogP contribution in [0.2, 0.25) is 0 Å². The van der Waals surface area contributed by atoms with Gasteiger partial charge in [0, 0.05) is 24.5 Å². The summed E-state index contributed by atoms with van der Waals surface area (Å²) >= 11 is 0. The number of amides is 2.